The lowest BCUT2D eigenvalue weighted by Gasteiger charge is -2.18. The summed E-state index contributed by atoms with van der Waals surface area (Å²) in [5.41, 5.74) is 0.606. The summed E-state index contributed by atoms with van der Waals surface area (Å²) in [5.74, 6) is -8.18. The van der Waals surface area contributed by atoms with E-state index in [-0.39, 0.29) is 17.1 Å². The summed E-state index contributed by atoms with van der Waals surface area (Å²) >= 11 is 0. The van der Waals surface area contributed by atoms with Crippen molar-refractivity contribution in [3.63, 3.8) is 0 Å². The minimum Gasteiger partial charge on any atom is -0.478 e. The van der Waals surface area contributed by atoms with E-state index in [0.29, 0.717) is 5.56 Å². The average molecular weight is 458 g/mol. The van der Waals surface area contributed by atoms with Crippen LogP contribution in [0.2, 0.25) is 0 Å². The summed E-state index contributed by atoms with van der Waals surface area (Å²) in [6, 6.07) is 10.6. The monoisotopic (exact) mass is 458 g/mol. The number of esters is 2. The fourth-order valence-corrected chi connectivity index (χ4v) is 2.22. The van der Waals surface area contributed by atoms with E-state index in [4.69, 9.17) is 9.84 Å². The predicted octanol–water partition coefficient (Wildman–Crippen LogP) is 4.89. The van der Waals surface area contributed by atoms with E-state index in [1.807, 2.05) is 0 Å². The van der Waals surface area contributed by atoms with Crippen molar-refractivity contribution in [2.45, 2.75) is 24.9 Å². The van der Waals surface area contributed by atoms with Gasteiger partial charge in [0.15, 0.2) is 0 Å². The van der Waals surface area contributed by atoms with Gasteiger partial charge in [-0.05, 0) is 48.0 Å². The van der Waals surface area contributed by atoms with E-state index >= 15 is 0 Å². The first-order chi connectivity index (χ1) is 14.9. The number of rotatable bonds is 8. The van der Waals surface area contributed by atoms with Crippen molar-refractivity contribution in [2.24, 2.45) is 0 Å². The second-order valence-electron chi connectivity index (χ2n) is 6.33. The maximum Gasteiger partial charge on any atom is 0.453 e. The molecule has 0 aromatic heterocycles. The highest BCUT2D eigenvalue weighted by molar-refractivity contribution is 5.91. The second-order valence-corrected chi connectivity index (χ2v) is 6.33. The molecule has 2 rings (SSSR count). The summed E-state index contributed by atoms with van der Waals surface area (Å²) in [6.45, 7) is 0. The zero-order valence-corrected chi connectivity index (χ0v) is 16.1. The first-order valence-corrected chi connectivity index (χ1v) is 8.86. The predicted molar refractivity (Wildman–Crippen MR) is 100 cm³/mol. The first-order valence-electron chi connectivity index (χ1n) is 8.86. The average Bonchev–Trinajstić information content (AvgIpc) is 2.71. The number of carboxylic acids is 1. The molecule has 0 heterocycles. The molecule has 0 aliphatic heterocycles. The molecular weight excluding hydrogens is 443 g/mol. The van der Waals surface area contributed by atoms with Gasteiger partial charge < -0.3 is 14.6 Å². The quantitative estimate of drug-likeness (QED) is 0.262. The van der Waals surface area contributed by atoms with Crippen LogP contribution in [0.3, 0.4) is 0 Å². The van der Waals surface area contributed by atoms with E-state index in [0.717, 1.165) is 18.2 Å². The topological polar surface area (TPSA) is 89.9 Å². The number of ether oxygens (including phenoxy) is 2. The summed E-state index contributed by atoms with van der Waals surface area (Å²) in [4.78, 5) is 34.1. The van der Waals surface area contributed by atoms with Crippen molar-refractivity contribution in [3.05, 3.63) is 65.7 Å². The number of carbonyl (C=O) groups excluding carboxylic acids is 2. The number of aliphatic carboxylic acids is 1. The Kier molecular flexibility index (Phi) is 7.68. The number of halogens is 5. The van der Waals surface area contributed by atoms with Crippen molar-refractivity contribution in [2.75, 3.05) is 0 Å². The number of hydrogen-bond donors (Lipinski definition) is 1. The van der Waals surface area contributed by atoms with Crippen molar-refractivity contribution in [3.8, 4) is 11.5 Å². The largest absolute Gasteiger partial charge is 0.478 e. The van der Waals surface area contributed by atoms with Gasteiger partial charge in [-0.3, -0.25) is 4.79 Å². The van der Waals surface area contributed by atoms with Crippen molar-refractivity contribution < 1.29 is 50.9 Å². The first kappa shape index (κ1) is 24.5. The van der Waals surface area contributed by atoms with Crippen LogP contribution in [-0.2, 0) is 9.59 Å². The normalized spacial score (nSPS) is 11.9. The second kappa shape index (κ2) is 10.0. The fraction of sp³-hybridized carbons (Fsp3) is 0.190. The SMILES string of the molecule is O=C(O)C=Cc1ccc(OC(=O)c2ccc(OC(=O)CCC(F)(F)C(F)(F)F)cc2)cc1. The number of benzene rings is 2. The van der Waals surface area contributed by atoms with Gasteiger partial charge in [-0.2, -0.15) is 22.0 Å². The van der Waals surface area contributed by atoms with Gasteiger partial charge in [0.25, 0.3) is 0 Å². The van der Waals surface area contributed by atoms with E-state index in [1.165, 1.54) is 42.5 Å². The third kappa shape index (κ3) is 7.18. The Bertz CT molecular complexity index is 995. The molecule has 170 valence electrons. The van der Waals surface area contributed by atoms with Crippen LogP contribution in [-0.4, -0.2) is 35.1 Å². The molecule has 0 amide bonds. The zero-order chi connectivity index (χ0) is 23.9. The lowest BCUT2D eigenvalue weighted by molar-refractivity contribution is -0.284. The van der Waals surface area contributed by atoms with Crippen LogP contribution in [0.4, 0.5) is 22.0 Å². The number of hydrogen-bond acceptors (Lipinski definition) is 5. The Labute approximate surface area is 177 Å². The van der Waals surface area contributed by atoms with Crippen LogP contribution in [0, 0.1) is 0 Å². The summed E-state index contributed by atoms with van der Waals surface area (Å²) in [6.07, 6.45) is -6.38. The molecule has 0 saturated heterocycles. The smallest absolute Gasteiger partial charge is 0.453 e. The van der Waals surface area contributed by atoms with Crippen molar-refractivity contribution >= 4 is 24.0 Å². The van der Waals surface area contributed by atoms with E-state index in [2.05, 4.69) is 4.74 Å². The summed E-state index contributed by atoms with van der Waals surface area (Å²) < 4.78 is 71.8. The minimum atomic E-state index is -5.76. The van der Waals surface area contributed by atoms with Crippen LogP contribution < -0.4 is 9.47 Å². The molecule has 0 fully saturated rings. The van der Waals surface area contributed by atoms with Crippen LogP contribution in [0.25, 0.3) is 6.08 Å². The van der Waals surface area contributed by atoms with Crippen LogP contribution in [0.15, 0.2) is 54.6 Å². The highest BCUT2D eigenvalue weighted by Gasteiger charge is 2.57. The molecule has 0 radical (unpaired) electrons. The Hall–Kier alpha value is -3.76. The van der Waals surface area contributed by atoms with Crippen LogP contribution in [0.1, 0.15) is 28.8 Å². The molecule has 0 aliphatic carbocycles. The highest BCUT2D eigenvalue weighted by atomic mass is 19.4. The molecule has 32 heavy (non-hydrogen) atoms. The number of carbonyl (C=O) groups is 3. The minimum absolute atomic E-state index is 0.0447. The fourth-order valence-electron chi connectivity index (χ4n) is 2.22. The summed E-state index contributed by atoms with van der Waals surface area (Å²) in [5, 5.41) is 8.58. The third-order valence-electron chi connectivity index (χ3n) is 3.89. The molecule has 11 heteroatoms. The van der Waals surface area contributed by atoms with Gasteiger partial charge >= 0.3 is 30.0 Å². The van der Waals surface area contributed by atoms with Gasteiger partial charge in [-0.1, -0.05) is 12.1 Å². The van der Waals surface area contributed by atoms with Gasteiger partial charge in [-0.25, -0.2) is 9.59 Å². The molecule has 1 N–H and O–H groups in total. The number of carboxylic acid groups (broad SMARTS) is 1. The number of alkyl halides is 5. The Morgan fingerprint density at radius 1 is 0.844 bits per heavy atom. The molecule has 0 spiro atoms. The van der Waals surface area contributed by atoms with Gasteiger partial charge in [0, 0.05) is 12.5 Å². The highest BCUT2D eigenvalue weighted by Crippen LogP contribution is 2.38. The maximum absolute atomic E-state index is 12.8. The van der Waals surface area contributed by atoms with E-state index < -0.39 is 42.8 Å². The molecule has 0 unspecified atom stereocenters. The molecule has 0 atom stereocenters. The Morgan fingerprint density at radius 2 is 1.38 bits per heavy atom. The van der Waals surface area contributed by atoms with Gasteiger partial charge in [0.1, 0.15) is 11.5 Å². The molecular formula is C21H15F5O6. The van der Waals surface area contributed by atoms with E-state index in [9.17, 15) is 36.3 Å². The maximum atomic E-state index is 12.8. The molecule has 6 nitrogen and oxygen atoms in total. The Morgan fingerprint density at radius 3 is 1.91 bits per heavy atom. The van der Waals surface area contributed by atoms with Gasteiger partial charge in [0.2, 0.25) is 0 Å². The standard InChI is InChI=1S/C21H15F5O6/c22-20(23,21(24,25)26)12-11-18(29)31-15-8-4-14(5-9-15)19(30)32-16-6-1-13(2-7-16)3-10-17(27)28/h1-10H,11-12H2,(H,27,28). The zero-order valence-electron chi connectivity index (χ0n) is 16.1. The summed E-state index contributed by atoms with van der Waals surface area (Å²) in [7, 11) is 0. The van der Waals surface area contributed by atoms with Crippen molar-refractivity contribution in [1.29, 1.82) is 0 Å². The molecule has 2 aromatic rings. The van der Waals surface area contributed by atoms with Crippen LogP contribution in [0.5, 0.6) is 11.5 Å². The van der Waals surface area contributed by atoms with Crippen LogP contribution >= 0.6 is 0 Å². The van der Waals surface area contributed by atoms with E-state index in [1.54, 1.807) is 0 Å². The lowest BCUT2D eigenvalue weighted by atomic mass is 10.2. The van der Waals surface area contributed by atoms with Gasteiger partial charge in [-0.15, -0.1) is 0 Å². The Balaban J connectivity index is 1.91. The molecule has 2 aromatic carbocycles. The molecule has 0 bridgehead atoms. The molecule has 0 saturated carbocycles. The third-order valence-corrected chi connectivity index (χ3v) is 3.89. The lowest BCUT2D eigenvalue weighted by Crippen LogP contribution is -2.37. The van der Waals surface area contributed by atoms with Gasteiger partial charge in [0.05, 0.1) is 12.0 Å². The molecule has 0 aliphatic rings. The van der Waals surface area contributed by atoms with Crippen molar-refractivity contribution in [1.82, 2.24) is 0 Å².